The molecule has 0 saturated carbocycles. The molecular formula is C29H34F2N2O4. The second-order valence-corrected chi connectivity index (χ2v) is 10.6. The lowest BCUT2D eigenvalue weighted by molar-refractivity contribution is 0.0303. The topological polar surface area (TPSA) is 59.1 Å². The predicted molar refractivity (Wildman–Crippen MR) is 135 cm³/mol. The van der Waals surface area contributed by atoms with Crippen LogP contribution in [0.1, 0.15) is 65.7 Å². The first-order chi connectivity index (χ1) is 17.9. The zero-order valence-corrected chi connectivity index (χ0v) is 21.1. The minimum absolute atomic E-state index is 0.0180. The maximum atomic E-state index is 13.7. The van der Waals surface area contributed by atoms with Gasteiger partial charge in [-0.3, -0.25) is 9.59 Å². The molecule has 198 valence electrons. The summed E-state index contributed by atoms with van der Waals surface area (Å²) in [4.78, 5) is 30.0. The number of amides is 2. The fraction of sp³-hybridized carbons (Fsp3) is 0.517. The predicted octanol–water partition coefficient (Wildman–Crippen LogP) is 5.07. The number of halogens is 2. The van der Waals surface area contributed by atoms with E-state index >= 15 is 0 Å². The maximum Gasteiger partial charge on any atom is 0.257 e. The van der Waals surface area contributed by atoms with Crippen molar-refractivity contribution in [2.24, 2.45) is 5.41 Å². The number of fused-ring (bicyclic) bond motifs is 2. The van der Waals surface area contributed by atoms with Gasteiger partial charge in [-0.05, 0) is 62.8 Å². The molecule has 2 fully saturated rings. The molecule has 0 bridgehead atoms. The third-order valence-electron chi connectivity index (χ3n) is 8.07. The van der Waals surface area contributed by atoms with Gasteiger partial charge in [0.1, 0.15) is 17.4 Å². The largest absolute Gasteiger partial charge is 0.492 e. The summed E-state index contributed by atoms with van der Waals surface area (Å²) in [6.07, 6.45) is 6.16. The van der Waals surface area contributed by atoms with E-state index < -0.39 is 11.6 Å². The molecule has 0 aromatic heterocycles. The van der Waals surface area contributed by atoms with Crippen molar-refractivity contribution < 1.29 is 27.8 Å². The summed E-state index contributed by atoms with van der Waals surface area (Å²) in [5, 5.41) is 0. The lowest BCUT2D eigenvalue weighted by Gasteiger charge is -2.42. The minimum Gasteiger partial charge on any atom is -0.492 e. The maximum absolute atomic E-state index is 13.7. The number of likely N-dealkylation sites (tertiary alicyclic amines) is 1. The number of piperidine rings is 1. The van der Waals surface area contributed by atoms with E-state index in [9.17, 15) is 18.4 Å². The summed E-state index contributed by atoms with van der Waals surface area (Å²) in [6, 6.07) is 10.5. The number of para-hydroxylation sites is 1. The van der Waals surface area contributed by atoms with Gasteiger partial charge in [0.05, 0.1) is 24.8 Å². The molecule has 37 heavy (non-hydrogen) atoms. The van der Waals surface area contributed by atoms with Gasteiger partial charge in [-0.2, -0.15) is 0 Å². The zero-order valence-electron chi connectivity index (χ0n) is 21.1. The molecule has 6 nitrogen and oxygen atoms in total. The second kappa shape index (κ2) is 11.2. The second-order valence-electron chi connectivity index (χ2n) is 10.6. The molecule has 3 aliphatic heterocycles. The lowest BCUT2D eigenvalue weighted by atomic mass is 9.75. The number of benzene rings is 2. The third-order valence-corrected chi connectivity index (χ3v) is 8.07. The molecule has 2 amide bonds. The standard InChI is InChI=1S/C29H34F2N2O4/c30-22-16-21(17-23(31)18-22)27(34)32-13-10-29(11-14-32)9-3-4-15-36-19-24-6-5-12-33(24)28(35)25-7-1-2-8-26(25)37-20-29/h1-2,7-8,16-18,24H,3-6,9-15,19-20H2/t24-/m0/s1. The van der Waals surface area contributed by atoms with Gasteiger partial charge in [0.15, 0.2) is 0 Å². The van der Waals surface area contributed by atoms with E-state index in [0.717, 1.165) is 56.8 Å². The van der Waals surface area contributed by atoms with Gasteiger partial charge in [-0.15, -0.1) is 0 Å². The molecule has 1 atom stereocenters. The first-order valence-electron chi connectivity index (χ1n) is 13.3. The number of hydrogen-bond donors (Lipinski definition) is 0. The molecule has 0 aliphatic carbocycles. The first kappa shape index (κ1) is 25.6. The highest BCUT2D eigenvalue weighted by atomic mass is 19.1. The van der Waals surface area contributed by atoms with Gasteiger partial charge < -0.3 is 19.3 Å². The van der Waals surface area contributed by atoms with Crippen LogP contribution in [0.15, 0.2) is 42.5 Å². The van der Waals surface area contributed by atoms with Crippen LogP contribution in [0.4, 0.5) is 8.78 Å². The van der Waals surface area contributed by atoms with Crippen molar-refractivity contribution in [1.29, 1.82) is 0 Å². The van der Waals surface area contributed by atoms with Crippen LogP contribution in [0.3, 0.4) is 0 Å². The van der Waals surface area contributed by atoms with Crippen LogP contribution in [0, 0.1) is 17.0 Å². The van der Waals surface area contributed by atoms with Gasteiger partial charge in [0, 0.05) is 43.3 Å². The monoisotopic (exact) mass is 512 g/mol. The number of nitrogens with zero attached hydrogens (tertiary/aromatic N) is 2. The van der Waals surface area contributed by atoms with Crippen LogP contribution in [-0.4, -0.2) is 67.1 Å². The van der Waals surface area contributed by atoms with Crippen LogP contribution in [0.5, 0.6) is 5.75 Å². The SMILES string of the molecule is O=C(c1cc(F)cc(F)c1)N1CCC2(CCCCOC[C@@H]3CCCN3C(=O)c3ccccc3OC2)CC1. The number of carbonyl (C=O) groups excluding carboxylic acids is 2. The van der Waals surface area contributed by atoms with Crippen molar-refractivity contribution in [2.75, 3.05) is 39.5 Å². The van der Waals surface area contributed by atoms with Crippen LogP contribution in [0.2, 0.25) is 0 Å². The molecule has 5 rings (SSSR count). The molecule has 2 aromatic rings. The number of rotatable bonds is 1. The molecule has 8 heteroatoms. The molecule has 0 unspecified atom stereocenters. The molecular weight excluding hydrogens is 478 g/mol. The number of carbonyl (C=O) groups is 2. The van der Waals surface area contributed by atoms with Crippen LogP contribution in [0.25, 0.3) is 0 Å². The van der Waals surface area contributed by atoms with E-state index in [1.165, 1.54) is 0 Å². The fourth-order valence-electron chi connectivity index (χ4n) is 5.87. The zero-order chi connectivity index (χ0) is 25.8. The van der Waals surface area contributed by atoms with E-state index in [-0.39, 0.29) is 28.8 Å². The highest BCUT2D eigenvalue weighted by Crippen LogP contribution is 2.38. The van der Waals surface area contributed by atoms with Crippen LogP contribution >= 0.6 is 0 Å². The van der Waals surface area contributed by atoms with Crippen LogP contribution < -0.4 is 4.74 Å². The summed E-state index contributed by atoms with van der Waals surface area (Å²) >= 11 is 0. The van der Waals surface area contributed by atoms with Gasteiger partial charge >= 0.3 is 0 Å². The van der Waals surface area contributed by atoms with Crippen LogP contribution in [-0.2, 0) is 4.74 Å². The molecule has 1 spiro atoms. The summed E-state index contributed by atoms with van der Waals surface area (Å²) < 4.78 is 39.7. The van der Waals surface area contributed by atoms with Crippen molar-refractivity contribution in [3.63, 3.8) is 0 Å². The van der Waals surface area contributed by atoms with E-state index in [4.69, 9.17) is 9.47 Å². The van der Waals surface area contributed by atoms with Crippen molar-refractivity contribution in [3.05, 3.63) is 65.2 Å². The Bertz CT molecular complexity index is 1110. The van der Waals surface area contributed by atoms with Gasteiger partial charge in [-0.1, -0.05) is 18.6 Å². The molecule has 2 saturated heterocycles. The van der Waals surface area contributed by atoms with Crippen molar-refractivity contribution in [2.45, 2.75) is 51.0 Å². The Hall–Kier alpha value is -3.00. The summed E-state index contributed by atoms with van der Waals surface area (Å²) in [5.41, 5.74) is 0.434. The quantitative estimate of drug-likeness (QED) is 0.535. The normalized spacial score (nSPS) is 22.6. The van der Waals surface area contributed by atoms with E-state index in [0.29, 0.717) is 57.1 Å². The Balaban J connectivity index is 1.32. The summed E-state index contributed by atoms with van der Waals surface area (Å²) in [6.45, 7) is 3.33. The Kier molecular flexibility index (Phi) is 7.74. The molecule has 0 N–H and O–H groups in total. The van der Waals surface area contributed by atoms with E-state index in [2.05, 4.69) is 0 Å². The smallest absolute Gasteiger partial charge is 0.257 e. The lowest BCUT2D eigenvalue weighted by Crippen LogP contribution is -2.45. The third kappa shape index (κ3) is 5.79. The highest BCUT2D eigenvalue weighted by Gasteiger charge is 2.38. The number of ether oxygens (including phenoxy) is 2. The molecule has 2 aromatic carbocycles. The van der Waals surface area contributed by atoms with Gasteiger partial charge in [0.2, 0.25) is 0 Å². The molecule has 0 radical (unpaired) electrons. The summed E-state index contributed by atoms with van der Waals surface area (Å²) in [7, 11) is 0. The average Bonchev–Trinajstić information content (AvgIpc) is 3.37. The number of hydrogen-bond acceptors (Lipinski definition) is 4. The minimum atomic E-state index is -0.757. The van der Waals surface area contributed by atoms with Crippen molar-refractivity contribution in [3.8, 4) is 5.75 Å². The Morgan fingerprint density at radius 2 is 1.70 bits per heavy atom. The van der Waals surface area contributed by atoms with Crippen molar-refractivity contribution in [1.82, 2.24) is 9.80 Å². The van der Waals surface area contributed by atoms with E-state index in [1.807, 2.05) is 29.2 Å². The Morgan fingerprint density at radius 1 is 0.946 bits per heavy atom. The van der Waals surface area contributed by atoms with E-state index in [1.54, 1.807) is 4.90 Å². The van der Waals surface area contributed by atoms with Gasteiger partial charge in [0.25, 0.3) is 11.8 Å². The summed E-state index contributed by atoms with van der Waals surface area (Å²) in [5.74, 6) is -1.31. The first-order valence-corrected chi connectivity index (χ1v) is 13.3. The average molecular weight is 513 g/mol. The Morgan fingerprint density at radius 3 is 2.49 bits per heavy atom. The highest BCUT2D eigenvalue weighted by molar-refractivity contribution is 5.97. The molecule has 3 heterocycles. The van der Waals surface area contributed by atoms with Crippen molar-refractivity contribution >= 4 is 11.8 Å². The fourth-order valence-corrected chi connectivity index (χ4v) is 5.87. The van der Waals surface area contributed by atoms with Gasteiger partial charge in [-0.25, -0.2) is 8.78 Å². The Labute approximate surface area is 216 Å². The molecule has 3 aliphatic rings.